The number of fused-ring (bicyclic) bond motifs is 3. The summed E-state index contributed by atoms with van der Waals surface area (Å²) < 4.78 is 25.2. The molecule has 23 heavy (non-hydrogen) atoms. The molecule has 0 spiro atoms. The van der Waals surface area contributed by atoms with E-state index >= 15 is 0 Å². The van der Waals surface area contributed by atoms with Gasteiger partial charge in [0.15, 0.2) is 6.20 Å². The molecule has 0 N–H and O–H groups in total. The minimum atomic E-state index is -2.10. The second kappa shape index (κ2) is 5.02. The van der Waals surface area contributed by atoms with E-state index in [4.69, 9.17) is 4.11 Å². The van der Waals surface area contributed by atoms with Crippen molar-refractivity contribution < 1.29 is 8.68 Å². The van der Waals surface area contributed by atoms with Crippen LogP contribution in [0.1, 0.15) is 31.9 Å². The Kier molecular flexibility index (Phi) is 2.43. The van der Waals surface area contributed by atoms with Gasteiger partial charge in [0.2, 0.25) is 5.69 Å². The van der Waals surface area contributed by atoms with Crippen LogP contribution in [-0.2, 0) is 13.5 Å². The number of hydrogen-bond donors (Lipinski definition) is 0. The summed E-state index contributed by atoms with van der Waals surface area (Å²) in [5, 5.41) is 0. The summed E-state index contributed by atoms with van der Waals surface area (Å²) in [6.07, 6.45) is 6.38. The van der Waals surface area contributed by atoms with Crippen molar-refractivity contribution in [3.8, 4) is 22.4 Å². The highest BCUT2D eigenvalue weighted by atomic mass is 14.9. The number of aromatic nitrogens is 2. The first kappa shape index (κ1) is 11.1. The van der Waals surface area contributed by atoms with E-state index in [0.29, 0.717) is 5.56 Å². The fraction of sp³-hybridized carbons (Fsp3) is 0.238. The van der Waals surface area contributed by atoms with Crippen molar-refractivity contribution in [3.05, 3.63) is 70.7 Å². The summed E-state index contributed by atoms with van der Waals surface area (Å²) >= 11 is 0. The van der Waals surface area contributed by atoms with Crippen LogP contribution in [0.2, 0.25) is 0 Å². The van der Waals surface area contributed by atoms with Crippen LogP contribution in [-0.4, -0.2) is 4.98 Å². The van der Waals surface area contributed by atoms with Crippen LogP contribution in [0, 0.1) is 20.7 Å². The van der Waals surface area contributed by atoms with Crippen LogP contribution >= 0.6 is 0 Å². The molecule has 0 radical (unpaired) electrons. The van der Waals surface area contributed by atoms with Crippen LogP contribution in [0.3, 0.4) is 0 Å². The first-order valence-corrected chi connectivity index (χ1v) is 7.84. The van der Waals surface area contributed by atoms with Gasteiger partial charge in [0.05, 0.1) is 5.56 Å². The molecule has 0 atom stereocenters. The Labute approximate surface area is 141 Å². The molecule has 1 aliphatic carbocycles. The Bertz CT molecular complexity index is 1040. The van der Waals surface area contributed by atoms with Crippen molar-refractivity contribution >= 4 is 0 Å². The molecule has 0 amide bonds. The van der Waals surface area contributed by atoms with Crippen LogP contribution in [0.5, 0.6) is 0 Å². The van der Waals surface area contributed by atoms with E-state index in [1.807, 2.05) is 37.0 Å². The highest BCUT2D eigenvalue weighted by molar-refractivity contribution is 5.84. The fourth-order valence-electron chi connectivity index (χ4n) is 3.58. The fourth-order valence-corrected chi connectivity index (χ4v) is 3.58. The summed E-state index contributed by atoms with van der Waals surface area (Å²) in [7, 11) is 1.92. The lowest BCUT2D eigenvalue weighted by molar-refractivity contribution is -0.660. The summed E-state index contributed by atoms with van der Waals surface area (Å²) in [6, 6.07) is 8.41. The van der Waals surface area contributed by atoms with Crippen molar-refractivity contribution in [1.29, 1.82) is 0 Å². The average molecular weight is 304 g/mol. The Morgan fingerprint density at radius 2 is 1.96 bits per heavy atom. The molecule has 0 fully saturated rings. The maximum Gasteiger partial charge on any atom is 0.213 e. The first-order chi connectivity index (χ1) is 12.3. The number of benzene rings is 1. The van der Waals surface area contributed by atoms with E-state index in [2.05, 4.69) is 30.1 Å². The van der Waals surface area contributed by atoms with Gasteiger partial charge in [-0.05, 0) is 60.1 Å². The second-order valence-corrected chi connectivity index (χ2v) is 6.36. The molecule has 114 valence electrons. The van der Waals surface area contributed by atoms with Crippen LogP contribution in [0.15, 0.2) is 42.9 Å². The molecule has 2 aromatic heterocycles. The van der Waals surface area contributed by atoms with Crippen molar-refractivity contribution in [2.45, 2.75) is 27.1 Å². The second-order valence-electron chi connectivity index (χ2n) is 6.36. The van der Waals surface area contributed by atoms with E-state index in [-0.39, 0.29) is 0 Å². The zero-order valence-corrected chi connectivity index (χ0v) is 13.6. The highest BCUT2D eigenvalue weighted by Gasteiger charge is 2.26. The third-order valence-electron chi connectivity index (χ3n) is 4.82. The lowest BCUT2D eigenvalue weighted by atomic mass is 9.93. The Hall–Kier alpha value is -2.48. The van der Waals surface area contributed by atoms with Crippen molar-refractivity contribution in [2.75, 3.05) is 0 Å². The zero-order chi connectivity index (χ0) is 18.6. The minimum Gasteiger partial charge on any atom is -0.264 e. The number of nitrogens with zero attached hydrogens (tertiary/aromatic N) is 2. The average Bonchev–Trinajstić information content (AvgIpc) is 2.94. The SMILES string of the molecule is [2H]C([2H])([2H])c1c[n+](C)c(-c2c(C)ccc3c2Cc2cnccc2-3)cc1C. The summed E-state index contributed by atoms with van der Waals surface area (Å²) in [6.45, 7) is 1.89. The molecule has 3 aromatic rings. The predicted octanol–water partition coefficient (Wildman–Crippen LogP) is 4.07. The zero-order valence-electron chi connectivity index (χ0n) is 16.6. The smallest absolute Gasteiger partial charge is 0.213 e. The van der Waals surface area contributed by atoms with Gasteiger partial charge < -0.3 is 0 Å². The van der Waals surface area contributed by atoms with E-state index in [9.17, 15) is 0 Å². The molecule has 2 heterocycles. The van der Waals surface area contributed by atoms with Crippen molar-refractivity contribution in [2.24, 2.45) is 7.05 Å². The van der Waals surface area contributed by atoms with E-state index in [1.54, 1.807) is 6.20 Å². The van der Waals surface area contributed by atoms with Crippen molar-refractivity contribution in [1.82, 2.24) is 4.98 Å². The maximum absolute atomic E-state index is 7.75. The highest BCUT2D eigenvalue weighted by Crippen LogP contribution is 2.42. The molecule has 2 nitrogen and oxygen atoms in total. The molecule has 2 heteroatoms. The molecule has 1 aliphatic rings. The standard InChI is InChI=1S/C21H21N2/c1-13-5-6-18-17-7-8-22-11-16(17)10-19(18)21(13)20-9-14(2)15(3)12-23(20)4/h5-9,11-12H,10H2,1-4H3/q+1/i3D3. The molecule has 0 unspecified atom stereocenters. The molecule has 1 aromatic carbocycles. The number of hydrogen-bond acceptors (Lipinski definition) is 1. The van der Waals surface area contributed by atoms with Gasteiger partial charge in [-0.1, -0.05) is 12.1 Å². The van der Waals surface area contributed by atoms with E-state index in [0.717, 1.165) is 17.7 Å². The topological polar surface area (TPSA) is 16.8 Å². The number of pyridine rings is 2. The largest absolute Gasteiger partial charge is 0.264 e. The van der Waals surface area contributed by atoms with Crippen LogP contribution in [0.25, 0.3) is 22.4 Å². The van der Waals surface area contributed by atoms with Gasteiger partial charge in [-0.15, -0.1) is 0 Å². The Morgan fingerprint density at radius 3 is 2.78 bits per heavy atom. The quantitative estimate of drug-likeness (QED) is 0.484. The lowest BCUT2D eigenvalue weighted by Crippen LogP contribution is -2.32. The molecule has 4 rings (SSSR count). The van der Waals surface area contributed by atoms with Gasteiger partial charge in [-0.2, -0.15) is 0 Å². The van der Waals surface area contributed by atoms with Gasteiger partial charge in [0.25, 0.3) is 0 Å². The minimum absolute atomic E-state index is 0.404. The summed E-state index contributed by atoms with van der Waals surface area (Å²) in [4.78, 5) is 4.27. The van der Waals surface area contributed by atoms with E-state index in [1.165, 1.54) is 33.4 Å². The number of rotatable bonds is 1. The first-order valence-electron chi connectivity index (χ1n) is 9.34. The van der Waals surface area contributed by atoms with Gasteiger partial charge in [-0.25, -0.2) is 4.57 Å². The predicted molar refractivity (Wildman–Crippen MR) is 93.3 cm³/mol. The third kappa shape index (κ3) is 2.09. The lowest BCUT2D eigenvalue weighted by Gasteiger charge is -2.12. The normalized spacial score (nSPS) is 14.7. The molecule has 0 aliphatic heterocycles. The van der Waals surface area contributed by atoms with Gasteiger partial charge >= 0.3 is 0 Å². The Balaban J connectivity index is 1.95. The Morgan fingerprint density at radius 1 is 1.09 bits per heavy atom. The molecular formula is C21H21N2+. The van der Waals surface area contributed by atoms with Crippen LogP contribution in [0.4, 0.5) is 0 Å². The summed E-state index contributed by atoms with van der Waals surface area (Å²) in [5.41, 5.74) is 9.68. The molecule has 0 saturated carbocycles. The monoisotopic (exact) mass is 304 g/mol. The van der Waals surface area contributed by atoms with Gasteiger partial charge in [-0.3, -0.25) is 4.98 Å². The molecule has 0 bridgehead atoms. The van der Waals surface area contributed by atoms with E-state index < -0.39 is 6.85 Å². The summed E-state index contributed by atoms with van der Waals surface area (Å²) in [5.74, 6) is 0. The third-order valence-corrected chi connectivity index (χ3v) is 4.82. The van der Waals surface area contributed by atoms with Crippen molar-refractivity contribution in [3.63, 3.8) is 0 Å². The molecule has 0 saturated heterocycles. The van der Waals surface area contributed by atoms with Gasteiger partial charge in [0.1, 0.15) is 7.05 Å². The van der Waals surface area contributed by atoms with Gasteiger partial charge in [0, 0.05) is 34.6 Å². The maximum atomic E-state index is 7.75. The van der Waals surface area contributed by atoms with Crippen LogP contribution < -0.4 is 4.57 Å². The number of aryl methyl sites for hydroxylation is 4. The molecular weight excluding hydrogens is 280 g/mol.